The van der Waals surface area contributed by atoms with E-state index in [1.807, 2.05) is 6.07 Å². The maximum atomic E-state index is 9.28. The van der Waals surface area contributed by atoms with E-state index in [-0.39, 0.29) is 0 Å². The van der Waals surface area contributed by atoms with Gasteiger partial charge in [0.15, 0.2) is 0 Å². The lowest BCUT2D eigenvalue weighted by Gasteiger charge is -2.32. The van der Waals surface area contributed by atoms with Crippen LogP contribution in [0.15, 0.2) is 6.07 Å². The minimum absolute atomic E-state index is 0.689. The predicted octanol–water partition coefficient (Wildman–Crippen LogP) is 1.10. The van der Waals surface area contributed by atoms with Gasteiger partial charge in [0.25, 0.3) is 0 Å². The maximum Gasteiger partial charge on any atom is 0.144 e. The first-order valence-electron chi connectivity index (χ1n) is 7.84. The summed E-state index contributed by atoms with van der Waals surface area (Å²) in [4.78, 5) is 9.48. The summed E-state index contributed by atoms with van der Waals surface area (Å²) in [6.07, 6.45) is 3.28. The van der Waals surface area contributed by atoms with Crippen molar-refractivity contribution in [1.82, 2.24) is 14.8 Å². The monoisotopic (exact) mass is 285 g/mol. The molecule has 3 rings (SSSR count). The SMILES string of the molecule is CN1CCN(CCNc2nc3c(cc2C#N)CCC3)CC1. The van der Waals surface area contributed by atoms with Crippen molar-refractivity contribution < 1.29 is 0 Å². The Kier molecular flexibility index (Phi) is 4.37. The first-order chi connectivity index (χ1) is 10.3. The van der Waals surface area contributed by atoms with Crippen molar-refractivity contribution in [3.05, 3.63) is 22.9 Å². The quantitative estimate of drug-likeness (QED) is 0.898. The average molecular weight is 285 g/mol. The van der Waals surface area contributed by atoms with E-state index in [0.29, 0.717) is 5.56 Å². The van der Waals surface area contributed by atoms with Gasteiger partial charge in [-0.15, -0.1) is 0 Å². The van der Waals surface area contributed by atoms with E-state index in [2.05, 4.69) is 33.2 Å². The molecule has 0 radical (unpaired) electrons. The third kappa shape index (κ3) is 3.34. The minimum atomic E-state index is 0.689. The molecule has 0 amide bonds. The molecule has 112 valence electrons. The fraction of sp³-hybridized carbons (Fsp3) is 0.625. The second kappa shape index (κ2) is 6.42. The summed E-state index contributed by atoms with van der Waals surface area (Å²) in [6, 6.07) is 4.30. The van der Waals surface area contributed by atoms with Crippen molar-refractivity contribution in [3.8, 4) is 6.07 Å². The summed E-state index contributed by atoms with van der Waals surface area (Å²) < 4.78 is 0. The smallest absolute Gasteiger partial charge is 0.144 e. The average Bonchev–Trinajstić information content (AvgIpc) is 2.95. The molecule has 2 aliphatic rings. The normalized spacial score (nSPS) is 19.2. The van der Waals surface area contributed by atoms with Crippen LogP contribution in [0.25, 0.3) is 0 Å². The van der Waals surface area contributed by atoms with E-state index in [0.717, 1.165) is 64.3 Å². The third-order valence-corrected chi connectivity index (χ3v) is 4.49. The van der Waals surface area contributed by atoms with Crippen molar-refractivity contribution in [1.29, 1.82) is 5.26 Å². The molecule has 0 unspecified atom stereocenters. The Balaban J connectivity index is 1.57. The van der Waals surface area contributed by atoms with Gasteiger partial charge in [-0.05, 0) is 37.9 Å². The molecule has 1 aromatic rings. The topological polar surface area (TPSA) is 55.2 Å². The number of nitrogens with one attached hydrogen (secondary N) is 1. The van der Waals surface area contributed by atoms with E-state index in [9.17, 15) is 5.26 Å². The van der Waals surface area contributed by atoms with Crippen molar-refractivity contribution in [2.75, 3.05) is 51.6 Å². The summed E-state index contributed by atoms with van der Waals surface area (Å²) in [5, 5.41) is 12.6. The molecule has 5 nitrogen and oxygen atoms in total. The Labute approximate surface area is 126 Å². The summed E-state index contributed by atoms with van der Waals surface area (Å²) in [5.41, 5.74) is 3.13. The molecule has 0 bridgehead atoms. The summed E-state index contributed by atoms with van der Waals surface area (Å²) in [7, 11) is 2.17. The van der Waals surface area contributed by atoms with Crippen molar-refractivity contribution in [2.45, 2.75) is 19.3 Å². The molecular weight excluding hydrogens is 262 g/mol. The first-order valence-corrected chi connectivity index (χ1v) is 7.84. The molecule has 1 fully saturated rings. The van der Waals surface area contributed by atoms with Crippen LogP contribution in [-0.2, 0) is 12.8 Å². The van der Waals surface area contributed by atoms with Crippen molar-refractivity contribution in [2.24, 2.45) is 0 Å². The summed E-state index contributed by atoms with van der Waals surface area (Å²) in [5.74, 6) is 0.771. The Hall–Kier alpha value is -1.64. The fourth-order valence-corrected chi connectivity index (χ4v) is 3.10. The van der Waals surface area contributed by atoms with Crippen LogP contribution in [0.2, 0.25) is 0 Å². The highest BCUT2D eigenvalue weighted by molar-refractivity contribution is 5.55. The number of nitriles is 1. The number of aryl methyl sites for hydroxylation is 2. The lowest BCUT2D eigenvalue weighted by Crippen LogP contribution is -2.45. The fourth-order valence-electron chi connectivity index (χ4n) is 3.10. The molecule has 0 spiro atoms. The molecule has 21 heavy (non-hydrogen) atoms. The van der Waals surface area contributed by atoms with Gasteiger partial charge in [-0.3, -0.25) is 4.90 Å². The van der Waals surface area contributed by atoms with Gasteiger partial charge >= 0.3 is 0 Å². The van der Waals surface area contributed by atoms with E-state index in [4.69, 9.17) is 0 Å². The highest BCUT2D eigenvalue weighted by Crippen LogP contribution is 2.24. The van der Waals surface area contributed by atoms with Crippen LogP contribution >= 0.6 is 0 Å². The van der Waals surface area contributed by atoms with E-state index >= 15 is 0 Å². The molecule has 2 heterocycles. The lowest BCUT2D eigenvalue weighted by atomic mass is 10.1. The van der Waals surface area contributed by atoms with E-state index < -0.39 is 0 Å². The van der Waals surface area contributed by atoms with Crippen LogP contribution in [0, 0.1) is 11.3 Å². The number of rotatable bonds is 4. The van der Waals surface area contributed by atoms with Crippen LogP contribution in [-0.4, -0.2) is 61.1 Å². The Morgan fingerprint density at radius 1 is 1.29 bits per heavy atom. The van der Waals surface area contributed by atoms with Gasteiger partial charge in [0.2, 0.25) is 0 Å². The maximum absolute atomic E-state index is 9.28. The van der Waals surface area contributed by atoms with Gasteiger partial charge in [0.05, 0.1) is 5.56 Å². The number of piperazine rings is 1. The van der Waals surface area contributed by atoms with Gasteiger partial charge < -0.3 is 10.2 Å². The van der Waals surface area contributed by atoms with Gasteiger partial charge in [-0.25, -0.2) is 4.98 Å². The molecule has 0 atom stereocenters. The Morgan fingerprint density at radius 3 is 2.86 bits per heavy atom. The highest BCUT2D eigenvalue weighted by Gasteiger charge is 2.17. The van der Waals surface area contributed by atoms with Crippen LogP contribution in [0.1, 0.15) is 23.2 Å². The number of hydrogen-bond acceptors (Lipinski definition) is 5. The number of hydrogen-bond donors (Lipinski definition) is 1. The molecule has 0 saturated carbocycles. The number of likely N-dealkylation sites (N-methyl/N-ethyl adjacent to an activating group) is 1. The number of pyridine rings is 1. The number of fused-ring (bicyclic) bond motifs is 1. The molecule has 1 saturated heterocycles. The lowest BCUT2D eigenvalue weighted by molar-refractivity contribution is 0.158. The van der Waals surface area contributed by atoms with Crippen molar-refractivity contribution >= 4 is 5.82 Å². The second-order valence-corrected chi connectivity index (χ2v) is 6.03. The molecular formula is C16H23N5. The molecule has 0 aromatic carbocycles. The van der Waals surface area contributed by atoms with Crippen LogP contribution in [0.3, 0.4) is 0 Å². The van der Waals surface area contributed by atoms with E-state index in [1.165, 1.54) is 11.3 Å². The molecule has 5 heteroatoms. The van der Waals surface area contributed by atoms with Crippen LogP contribution in [0.4, 0.5) is 5.82 Å². The van der Waals surface area contributed by atoms with Gasteiger partial charge in [-0.2, -0.15) is 5.26 Å². The summed E-state index contributed by atoms with van der Waals surface area (Å²) in [6.45, 7) is 6.39. The van der Waals surface area contributed by atoms with Gasteiger partial charge in [0, 0.05) is 45.0 Å². The standard InChI is InChI=1S/C16H23N5/c1-20-7-9-21(10-8-20)6-5-18-16-14(12-17)11-13-3-2-4-15(13)19-16/h11H,2-10H2,1H3,(H,18,19). The Bertz CT molecular complexity index is 540. The highest BCUT2D eigenvalue weighted by atomic mass is 15.2. The number of aromatic nitrogens is 1. The third-order valence-electron chi connectivity index (χ3n) is 4.49. The van der Waals surface area contributed by atoms with Gasteiger partial charge in [-0.1, -0.05) is 0 Å². The van der Waals surface area contributed by atoms with Crippen molar-refractivity contribution in [3.63, 3.8) is 0 Å². The zero-order valence-corrected chi connectivity index (χ0v) is 12.7. The molecule has 1 N–H and O–H groups in total. The number of nitrogens with zero attached hydrogens (tertiary/aromatic N) is 4. The minimum Gasteiger partial charge on any atom is -0.368 e. The second-order valence-electron chi connectivity index (χ2n) is 6.03. The predicted molar refractivity (Wildman–Crippen MR) is 83.4 cm³/mol. The number of anilines is 1. The zero-order chi connectivity index (χ0) is 14.7. The zero-order valence-electron chi connectivity index (χ0n) is 12.7. The molecule has 1 aromatic heterocycles. The summed E-state index contributed by atoms with van der Waals surface area (Å²) >= 11 is 0. The first kappa shape index (κ1) is 14.3. The molecule has 1 aliphatic carbocycles. The molecule has 1 aliphatic heterocycles. The van der Waals surface area contributed by atoms with Crippen LogP contribution < -0.4 is 5.32 Å². The largest absolute Gasteiger partial charge is 0.368 e. The van der Waals surface area contributed by atoms with Crippen LogP contribution in [0.5, 0.6) is 0 Å². The van der Waals surface area contributed by atoms with Gasteiger partial charge in [0.1, 0.15) is 11.9 Å². The Morgan fingerprint density at radius 2 is 2.10 bits per heavy atom. The van der Waals surface area contributed by atoms with E-state index in [1.54, 1.807) is 0 Å².